The van der Waals surface area contributed by atoms with Crippen LogP contribution in [0.3, 0.4) is 0 Å². The summed E-state index contributed by atoms with van der Waals surface area (Å²) in [6, 6.07) is 11.9. The average Bonchev–Trinajstić information content (AvgIpc) is 3.20. The number of hydrogen-bond donors (Lipinski definition) is 0. The van der Waals surface area contributed by atoms with E-state index in [0.717, 1.165) is 0 Å². The van der Waals surface area contributed by atoms with Gasteiger partial charge in [0.15, 0.2) is 6.61 Å². The van der Waals surface area contributed by atoms with E-state index in [-0.39, 0.29) is 6.61 Å². The predicted octanol–water partition coefficient (Wildman–Crippen LogP) is 3.12. The normalized spacial score (nSPS) is 10.3. The molecule has 0 radical (unpaired) electrons. The van der Waals surface area contributed by atoms with Crippen LogP contribution in [0.15, 0.2) is 47.0 Å². The summed E-state index contributed by atoms with van der Waals surface area (Å²) in [5.74, 6) is 2.08. The Balaban J connectivity index is 1.69. The van der Waals surface area contributed by atoms with Gasteiger partial charge in [-0.25, -0.2) is 4.79 Å². The van der Waals surface area contributed by atoms with Crippen LogP contribution in [0.2, 0.25) is 0 Å². The van der Waals surface area contributed by atoms with Crippen molar-refractivity contribution in [3.63, 3.8) is 0 Å². The first-order chi connectivity index (χ1) is 13.1. The van der Waals surface area contributed by atoms with Crippen molar-refractivity contribution in [1.29, 1.82) is 0 Å². The molecule has 0 bridgehead atoms. The van der Waals surface area contributed by atoms with Crippen LogP contribution in [0, 0.1) is 0 Å². The number of esters is 1. The van der Waals surface area contributed by atoms with Crippen LogP contribution in [-0.2, 0) is 11.3 Å². The van der Waals surface area contributed by atoms with Gasteiger partial charge >= 0.3 is 5.97 Å². The third-order valence-corrected chi connectivity index (χ3v) is 3.76. The van der Waals surface area contributed by atoms with E-state index >= 15 is 0 Å². The molecule has 0 amide bonds. The van der Waals surface area contributed by atoms with Gasteiger partial charge in [0.1, 0.15) is 17.2 Å². The molecule has 0 saturated heterocycles. The molecule has 0 unspecified atom stereocenters. The first kappa shape index (κ1) is 18.2. The SMILES string of the molecule is COC(=O)c1ccc(OCc2nc(-c3ccc(OC)cc3OC)no2)cc1. The molecule has 8 nitrogen and oxygen atoms in total. The Bertz CT molecular complexity index is 920. The van der Waals surface area contributed by atoms with Crippen molar-refractivity contribution >= 4 is 5.97 Å². The fourth-order valence-electron chi connectivity index (χ4n) is 2.36. The van der Waals surface area contributed by atoms with Crippen molar-refractivity contribution in [3.05, 3.63) is 53.9 Å². The molecule has 1 heterocycles. The van der Waals surface area contributed by atoms with E-state index in [1.165, 1.54) is 7.11 Å². The van der Waals surface area contributed by atoms with E-state index in [4.69, 9.17) is 18.7 Å². The highest BCUT2D eigenvalue weighted by atomic mass is 16.5. The minimum atomic E-state index is -0.406. The van der Waals surface area contributed by atoms with Crippen LogP contribution >= 0.6 is 0 Å². The topological polar surface area (TPSA) is 92.9 Å². The second kappa shape index (κ2) is 8.22. The molecule has 0 spiro atoms. The molecule has 2 aromatic carbocycles. The van der Waals surface area contributed by atoms with Crippen molar-refractivity contribution in [3.8, 4) is 28.6 Å². The number of rotatable bonds is 7. The van der Waals surface area contributed by atoms with Gasteiger partial charge < -0.3 is 23.5 Å². The lowest BCUT2D eigenvalue weighted by atomic mass is 10.2. The first-order valence-corrected chi connectivity index (χ1v) is 8.00. The third kappa shape index (κ3) is 4.17. The minimum Gasteiger partial charge on any atom is -0.497 e. The molecule has 0 fully saturated rings. The lowest BCUT2D eigenvalue weighted by molar-refractivity contribution is 0.0600. The number of aromatic nitrogens is 2. The maximum atomic E-state index is 11.4. The van der Waals surface area contributed by atoms with E-state index < -0.39 is 5.97 Å². The number of carbonyl (C=O) groups excluding carboxylic acids is 1. The Kier molecular flexibility index (Phi) is 5.55. The van der Waals surface area contributed by atoms with Gasteiger partial charge in [0.2, 0.25) is 5.82 Å². The lowest BCUT2D eigenvalue weighted by Gasteiger charge is -2.07. The highest BCUT2D eigenvalue weighted by molar-refractivity contribution is 5.89. The van der Waals surface area contributed by atoms with Crippen LogP contribution < -0.4 is 14.2 Å². The zero-order valence-corrected chi connectivity index (χ0v) is 15.1. The number of carbonyl (C=O) groups is 1. The Morgan fingerprint density at radius 1 is 1.00 bits per heavy atom. The van der Waals surface area contributed by atoms with Crippen molar-refractivity contribution in [2.45, 2.75) is 6.61 Å². The third-order valence-electron chi connectivity index (χ3n) is 3.76. The summed E-state index contributed by atoms with van der Waals surface area (Å²) in [6.45, 7) is 0.0864. The van der Waals surface area contributed by atoms with Gasteiger partial charge in [-0.3, -0.25) is 0 Å². The van der Waals surface area contributed by atoms with Crippen LogP contribution in [0.4, 0.5) is 0 Å². The number of benzene rings is 2. The molecule has 3 aromatic rings. The summed E-state index contributed by atoms with van der Waals surface area (Å²) in [5, 5.41) is 3.96. The Hall–Kier alpha value is -3.55. The van der Waals surface area contributed by atoms with Crippen LogP contribution in [-0.4, -0.2) is 37.4 Å². The van der Waals surface area contributed by atoms with Gasteiger partial charge in [-0.15, -0.1) is 0 Å². The van der Waals surface area contributed by atoms with Gasteiger partial charge in [-0.05, 0) is 36.4 Å². The maximum Gasteiger partial charge on any atom is 0.337 e. The highest BCUT2D eigenvalue weighted by Gasteiger charge is 2.15. The monoisotopic (exact) mass is 370 g/mol. The fourth-order valence-corrected chi connectivity index (χ4v) is 2.36. The zero-order valence-electron chi connectivity index (χ0n) is 15.1. The maximum absolute atomic E-state index is 11.4. The lowest BCUT2D eigenvalue weighted by Crippen LogP contribution is -2.01. The number of methoxy groups -OCH3 is 3. The van der Waals surface area contributed by atoms with E-state index in [2.05, 4.69) is 14.9 Å². The fraction of sp³-hybridized carbons (Fsp3) is 0.211. The largest absolute Gasteiger partial charge is 0.497 e. The number of hydrogen-bond acceptors (Lipinski definition) is 8. The van der Waals surface area contributed by atoms with E-state index in [0.29, 0.717) is 40.1 Å². The molecule has 140 valence electrons. The molecule has 0 aliphatic heterocycles. The van der Waals surface area contributed by atoms with Crippen LogP contribution in [0.1, 0.15) is 16.2 Å². The second-order valence-electron chi connectivity index (χ2n) is 5.38. The van der Waals surface area contributed by atoms with Crippen LogP contribution in [0.25, 0.3) is 11.4 Å². The summed E-state index contributed by atoms with van der Waals surface area (Å²) >= 11 is 0. The number of nitrogens with zero attached hydrogens (tertiary/aromatic N) is 2. The molecule has 0 aliphatic rings. The predicted molar refractivity (Wildman–Crippen MR) is 95.0 cm³/mol. The average molecular weight is 370 g/mol. The zero-order chi connectivity index (χ0) is 19.2. The molecule has 1 aromatic heterocycles. The summed E-state index contributed by atoms with van der Waals surface area (Å²) in [5.41, 5.74) is 1.12. The molecule has 0 N–H and O–H groups in total. The number of ether oxygens (including phenoxy) is 4. The van der Waals surface area contributed by atoms with Gasteiger partial charge in [0.05, 0.1) is 32.5 Å². The second-order valence-corrected chi connectivity index (χ2v) is 5.38. The van der Waals surface area contributed by atoms with E-state index in [1.54, 1.807) is 56.7 Å². The molecule has 0 saturated carbocycles. The van der Waals surface area contributed by atoms with Crippen molar-refractivity contribution in [2.75, 3.05) is 21.3 Å². The Morgan fingerprint density at radius 3 is 2.41 bits per heavy atom. The summed E-state index contributed by atoms with van der Waals surface area (Å²) in [7, 11) is 4.47. The molecule has 0 aliphatic carbocycles. The van der Waals surface area contributed by atoms with E-state index in [1.807, 2.05) is 0 Å². The van der Waals surface area contributed by atoms with Crippen molar-refractivity contribution in [2.24, 2.45) is 0 Å². The first-order valence-electron chi connectivity index (χ1n) is 8.00. The van der Waals surface area contributed by atoms with Gasteiger partial charge in [-0.2, -0.15) is 4.98 Å². The highest BCUT2D eigenvalue weighted by Crippen LogP contribution is 2.31. The Labute approximate surface area is 155 Å². The molecular weight excluding hydrogens is 352 g/mol. The quantitative estimate of drug-likeness (QED) is 0.586. The van der Waals surface area contributed by atoms with Gasteiger partial charge in [-0.1, -0.05) is 5.16 Å². The van der Waals surface area contributed by atoms with Gasteiger partial charge in [0, 0.05) is 6.07 Å². The standard InChI is InChI=1S/C19H18N2O6/c1-23-14-8-9-15(16(10-14)24-2)18-20-17(27-21-18)11-26-13-6-4-12(5-7-13)19(22)25-3/h4-10H,11H2,1-3H3. The van der Waals surface area contributed by atoms with Crippen molar-refractivity contribution in [1.82, 2.24) is 10.1 Å². The Morgan fingerprint density at radius 2 is 1.74 bits per heavy atom. The molecule has 0 atom stereocenters. The summed E-state index contributed by atoms with van der Waals surface area (Å²) < 4.78 is 26.0. The summed E-state index contributed by atoms with van der Waals surface area (Å²) in [6.07, 6.45) is 0. The van der Waals surface area contributed by atoms with Crippen LogP contribution in [0.5, 0.6) is 17.2 Å². The molecule has 27 heavy (non-hydrogen) atoms. The molecule has 8 heteroatoms. The van der Waals surface area contributed by atoms with Crippen molar-refractivity contribution < 1.29 is 28.3 Å². The molecular formula is C19H18N2O6. The smallest absolute Gasteiger partial charge is 0.337 e. The minimum absolute atomic E-state index is 0.0864. The summed E-state index contributed by atoms with van der Waals surface area (Å²) in [4.78, 5) is 15.7. The van der Waals surface area contributed by atoms with Gasteiger partial charge in [0.25, 0.3) is 5.89 Å². The van der Waals surface area contributed by atoms with E-state index in [9.17, 15) is 4.79 Å². The molecule has 3 rings (SSSR count).